The van der Waals surface area contributed by atoms with Gasteiger partial charge in [-0.2, -0.15) is 0 Å². The van der Waals surface area contributed by atoms with E-state index in [9.17, 15) is 24.0 Å². The van der Waals surface area contributed by atoms with Gasteiger partial charge in [0.2, 0.25) is 17.7 Å². The number of rotatable bonds is 15. The largest absolute Gasteiger partial charge is 0.496 e. The highest BCUT2D eigenvalue weighted by Gasteiger charge is 2.34. The molecule has 0 spiro atoms. The molecule has 4 N–H and O–H groups in total. The molecule has 3 atom stereocenters. The molecular formula is C39H50ClN5O7. The summed E-state index contributed by atoms with van der Waals surface area (Å²) in [5.41, 5.74) is 2.72. The van der Waals surface area contributed by atoms with Crippen LogP contribution in [0.1, 0.15) is 74.5 Å². The van der Waals surface area contributed by atoms with Crippen LogP contribution in [0.4, 0.5) is 4.79 Å². The molecule has 12 nitrogen and oxygen atoms in total. The minimum absolute atomic E-state index is 0.207. The van der Waals surface area contributed by atoms with E-state index in [1.807, 2.05) is 31.2 Å². The van der Waals surface area contributed by atoms with Crippen LogP contribution in [0, 0.1) is 6.92 Å². The number of hydrogen-bond donors (Lipinski definition) is 4. The normalized spacial score (nSPS) is 12.8. The number of alkyl carbamates (subject to hydrolysis) is 1. The Balaban J connectivity index is 1.89. The van der Waals surface area contributed by atoms with Crippen LogP contribution in [0.3, 0.4) is 0 Å². The highest BCUT2D eigenvalue weighted by molar-refractivity contribution is 6.30. The molecule has 3 aromatic rings. The average molecular weight is 736 g/mol. The summed E-state index contributed by atoms with van der Waals surface area (Å²) in [6.07, 6.45) is 0.592. The third kappa shape index (κ3) is 12.0. The lowest BCUT2D eigenvalue weighted by Crippen LogP contribution is -2.53. The van der Waals surface area contributed by atoms with E-state index in [1.165, 1.54) is 26.1 Å². The number of likely N-dealkylation sites (N-methyl/N-ethyl adjacent to an activating group) is 2. The first kappa shape index (κ1) is 41.3. The van der Waals surface area contributed by atoms with E-state index in [-0.39, 0.29) is 6.42 Å². The first-order chi connectivity index (χ1) is 24.5. The molecule has 3 rings (SSSR count). The second-order valence-corrected chi connectivity index (χ2v) is 13.9. The van der Waals surface area contributed by atoms with Gasteiger partial charge >= 0.3 is 6.09 Å². The molecule has 0 saturated carbocycles. The van der Waals surface area contributed by atoms with Crippen LogP contribution >= 0.6 is 11.6 Å². The Hall–Kier alpha value is -5.10. The first-order valence-corrected chi connectivity index (χ1v) is 17.5. The maximum absolute atomic E-state index is 14.3. The lowest BCUT2D eigenvalue weighted by atomic mass is 9.99. The van der Waals surface area contributed by atoms with Crippen molar-refractivity contribution in [3.05, 3.63) is 88.4 Å². The van der Waals surface area contributed by atoms with Crippen molar-refractivity contribution in [3.8, 4) is 16.9 Å². The number of amides is 5. The van der Waals surface area contributed by atoms with Crippen LogP contribution in [-0.4, -0.2) is 80.1 Å². The summed E-state index contributed by atoms with van der Waals surface area (Å²) in [7, 11) is 4.49. The van der Waals surface area contributed by atoms with Crippen molar-refractivity contribution in [1.29, 1.82) is 0 Å². The minimum Gasteiger partial charge on any atom is -0.496 e. The lowest BCUT2D eigenvalue weighted by Gasteiger charge is -2.32. The van der Waals surface area contributed by atoms with E-state index >= 15 is 0 Å². The van der Waals surface area contributed by atoms with Gasteiger partial charge in [-0.15, -0.1) is 0 Å². The number of unbranched alkanes of at least 4 members (excludes halogenated alkanes) is 1. The zero-order valence-corrected chi connectivity index (χ0v) is 31.9. The molecule has 0 heterocycles. The number of nitrogens with zero attached hydrogens (tertiary/aromatic N) is 1. The second kappa shape index (κ2) is 18.9. The van der Waals surface area contributed by atoms with Gasteiger partial charge < -0.3 is 35.6 Å². The molecule has 280 valence electrons. The van der Waals surface area contributed by atoms with Crippen molar-refractivity contribution >= 4 is 41.3 Å². The number of benzene rings is 3. The van der Waals surface area contributed by atoms with Gasteiger partial charge in [-0.1, -0.05) is 41.9 Å². The highest BCUT2D eigenvalue weighted by atomic mass is 35.5. The smallest absolute Gasteiger partial charge is 0.407 e. The summed E-state index contributed by atoms with van der Waals surface area (Å²) < 4.78 is 10.7. The minimum atomic E-state index is -1.16. The number of ether oxygens (including phenoxy) is 2. The van der Waals surface area contributed by atoms with Crippen molar-refractivity contribution in [3.63, 3.8) is 0 Å². The Morgan fingerprint density at radius 2 is 1.48 bits per heavy atom. The van der Waals surface area contributed by atoms with Gasteiger partial charge in [0.1, 0.15) is 29.5 Å². The third-order valence-electron chi connectivity index (χ3n) is 8.23. The molecule has 0 radical (unpaired) electrons. The van der Waals surface area contributed by atoms with Gasteiger partial charge in [-0.05, 0) is 113 Å². The molecule has 0 aliphatic heterocycles. The van der Waals surface area contributed by atoms with Crippen LogP contribution in [0.25, 0.3) is 11.1 Å². The standard InChI is InChI=1S/C39H50ClN5O7/c1-24-23-29(18-21-32(24)51-8)33(36(48)43-25(2)34(46)41-6)45(7)37(49)31(11-9-10-22-42-38(50)52-39(3,4)5)44-35(47)28-14-12-26(13-15-28)27-16-19-30(40)20-17-27/h12-21,23,25,31,33H,9-11,22H2,1-8H3,(H,41,46)(H,42,50)(H,43,48)(H,44,47)/t25-,31-,33-/m0/s1. The number of carbonyl (C=O) groups excluding carboxylic acids is 5. The summed E-state index contributed by atoms with van der Waals surface area (Å²) in [5.74, 6) is -1.38. The molecule has 3 aromatic carbocycles. The highest BCUT2D eigenvalue weighted by Crippen LogP contribution is 2.27. The molecule has 0 saturated heterocycles. The van der Waals surface area contributed by atoms with Crippen molar-refractivity contribution < 1.29 is 33.4 Å². The van der Waals surface area contributed by atoms with Crippen LogP contribution in [-0.2, 0) is 19.1 Å². The Morgan fingerprint density at radius 1 is 0.865 bits per heavy atom. The zero-order chi connectivity index (χ0) is 38.6. The Kier molecular flexibility index (Phi) is 15.0. The van der Waals surface area contributed by atoms with E-state index in [4.69, 9.17) is 21.1 Å². The fourth-order valence-electron chi connectivity index (χ4n) is 5.50. The summed E-state index contributed by atoms with van der Waals surface area (Å²) in [6, 6.07) is 16.3. The van der Waals surface area contributed by atoms with Gasteiger partial charge in [0.15, 0.2) is 0 Å². The van der Waals surface area contributed by atoms with Crippen molar-refractivity contribution in [2.75, 3.05) is 27.7 Å². The van der Waals surface area contributed by atoms with Gasteiger partial charge in [0.25, 0.3) is 5.91 Å². The Bertz CT molecular complexity index is 1710. The van der Waals surface area contributed by atoms with Gasteiger partial charge in [0.05, 0.1) is 7.11 Å². The zero-order valence-electron chi connectivity index (χ0n) is 31.1. The quantitative estimate of drug-likeness (QED) is 0.149. The molecular weight excluding hydrogens is 686 g/mol. The van der Waals surface area contributed by atoms with Crippen molar-refractivity contribution in [2.45, 2.75) is 77.6 Å². The van der Waals surface area contributed by atoms with Crippen molar-refractivity contribution in [2.24, 2.45) is 0 Å². The van der Waals surface area contributed by atoms with Crippen LogP contribution in [0.2, 0.25) is 5.02 Å². The fourth-order valence-corrected chi connectivity index (χ4v) is 5.63. The second-order valence-electron chi connectivity index (χ2n) is 13.5. The number of methoxy groups -OCH3 is 1. The summed E-state index contributed by atoms with van der Waals surface area (Å²) in [6.45, 7) is 8.97. The van der Waals surface area contributed by atoms with E-state index in [0.717, 1.165) is 16.7 Å². The number of nitrogens with one attached hydrogen (secondary N) is 4. The lowest BCUT2D eigenvalue weighted by molar-refractivity contribution is -0.141. The van der Waals surface area contributed by atoms with Gasteiger partial charge in [-0.25, -0.2) is 4.79 Å². The topological polar surface area (TPSA) is 155 Å². The molecule has 0 fully saturated rings. The van der Waals surface area contributed by atoms with E-state index < -0.39 is 53.4 Å². The van der Waals surface area contributed by atoms with Crippen LogP contribution in [0.15, 0.2) is 66.7 Å². The summed E-state index contributed by atoms with van der Waals surface area (Å²) in [5, 5.41) is 11.4. The molecule has 0 bridgehead atoms. The molecule has 52 heavy (non-hydrogen) atoms. The van der Waals surface area contributed by atoms with Crippen LogP contribution < -0.4 is 26.0 Å². The molecule has 0 aliphatic carbocycles. The predicted octanol–water partition coefficient (Wildman–Crippen LogP) is 5.57. The van der Waals surface area contributed by atoms with E-state index in [0.29, 0.717) is 41.3 Å². The molecule has 0 unspecified atom stereocenters. The molecule has 0 aromatic heterocycles. The number of hydrogen-bond acceptors (Lipinski definition) is 7. The Morgan fingerprint density at radius 3 is 2.04 bits per heavy atom. The molecule has 0 aliphatic rings. The Labute approximate surface area is 311 Å². The number of carbonyl (C=O) groups is 5. The van der Waals surface area contributed by atoms with Gasteiger partial charge in [0, 0.05) is 31.2 Å². The maximum Gasteiger partial charge on any atom is 0.407 e. The van der Waals surface area contributed by atoms with E-state index in [1.54, 1.807) is 70.2 Å². The van der Waals surface area contributed by atoms with Gasteiger partial charge in [-0.3, -0.25) is 19.2 Å². The van der Waals surface area contributed by atoms with Crippen molar-refractivity contribution in [1.82, 2.24) is 26.2 Å². The maximum atomic E-state index is 14.3. The number of aryl methyl sites for hydroxylation is 1. The monoisotopic (exact) mass is 735 g/mol. The molecule has 5 amide bonds. The first-order valence-electron chi connectivity index (χ1n) is 17.1. The SMILES string of the molecule is CNC(=O)[C@H](C)NC(=O)[C@H](c1ccc(OC)c(C)c1)N(C)C(=O)[C@H](CCCCNC(=O)OC(C)(C)C)NC(=O)c1ccc(-c2ccc(Cl)cc2)cc1. The molecule has 13 heteroatoms. The third-order valence-corrected chi connectivity index (χ3v) is 8.48. The number of halogens is 1. The predicted molar refractivity (Wildman–Crippen MR) is 201 cm³/mol. The van der Waals surface area contributed by atoms with E-state index in [2.05, 4.69) is 21.3 Å². The average Bonchev–Trinajstić information content (AvgIpc) is 3.10. The summed E-state index contributed by atoms with van der Waals surface area (Å²) >= 11 is 6.03. The summed E-state index contributed by atoms with van der Waals surface area (Å²) in [4.78, 5) is 67.5. The fraction of sp³-hybridized carbons (Fsp3) is 0.410. The van der Waals surface area contributed by atoms with Crippen LogP contribution in [0.5, 0.6) is 5.75 Å².